The van der Waals surface area contributed by atoms with E-state index in [9.17, 15) is 4.79 Å². The Morgan fingerprint density at radius 1 is 1.19 bits per heavy atom. The minimum Gasteiger partial charge on any atom is -0.336 e. The molecule has 2 aromatic rings. The maximum Gasteiger partial charge on any atom is 0.246 e. The van der Waals surface area contributed by atoms with E-state index in [0.717, 1.165) is 11.6 Å². The summed E-state index contributed by atoms with van der Waals surface area (Å²) in [7, 11) is 1.84. The second-order valence-electron chi connectivity index (χ2n) is 6.02. The molecule has 2 aliphatic rings. The molecular weight excluding hydrogens is 264 g/mol. The Balaban J connectivity index is 1.74. The Morgan fingerprint density at radius 3 is 2.67 bits per heavy atom. The van der Waals surface area contributed by atoms with E-state index in [2.05, 4.69) is 26.9 Å². The first-order chi connectivity index (χ1) is 10.2. The second kappa shape index (κ2) is 4.69. The van der Waals surface area contributed by atoms with E-state index < -0.39 is 0 Å². The highest BCUT2D eigenvalue weighted by molar-refractivity contribution is 5.81. The number of carbonyl (C=O) groups excluding carboxylic acids is 1. The third-order valence-electron chi connectivity index (χ3n) is 4.36. The Kier molecular flexibility index (Phi) is 2.80. The predicted octanol–water partition coefficient (Wildman–Crippen LogP) is 1.91. The lowest BCUT2D eigenvalue weighted by atomic mass is 10.0. The van der Waals surface area contributed by atoms with Crippen LogP contribution in [0.25, 0.3) is 0 Å². The number of likely N-dealkylation sites (N-methyl/N-ethyl adjacent to an activating group) is 1. The fraction of sp³-hybridized carbons (Fsp3) is 0.438. The molecule has 1 aliphatic carbocycles. The molecule has 1 saturated carbocycles. The molecule has 1 aromatic carbocycles. The van der Waals surface area contributed by atoms with Crippen LogP contribution in [0.4, 0.5) is 0 Å². The summed E-state index contributed by atoms with van der Waals surface area (Å²) in [5.74, 6) is 2.58. The fourth-order valence-electron chi connectivity index (χ4n) is 3.08. The van der Waals surface area contributed by atoms with Crippen molar-refractivity contribution in [3.05, 3.63) is 47.5 Å². The zero-order chi connectivity index (χ0) is 14.4. The summed E-state index contributed by atoms with van der Waals surface area (Å²) >= 11 is 0. The molecule has 1 amide bonds. The monoisotopic (exact) mass is 282 g/mol. The number of carbonyl (C=O) groups is 1. The number of rotatable bonds is 3. The van der Waals surface area contributed by atoms with Crippen LogP contribution in [-0.4, -0.2) is 32.6 Å². The molecule has 4 rings (SSSR count). The average Bonchev–Trinajstić information content (AvgIpc) is 3.26. The highest BCUT2D eigenvalue weighted by Gasteiger charge is 2.38. The standard InChI is InChI=1S/C16H18N4O/c1-19-10-14-17-18-15(12-7-8-12)20(14)13(16(19)21)9-11-5-3-2-4-6-11/h2-6,12-13H,7-10H2,1H3/t13-/m1/s1. The Morgan fingerprint density at radius 2 is 1.95 bits per heavy atom. The molecule has 5 heteroatoms. The number of hydrogen-bond acceptors (Lipinski definition) is 3. The molecule has 21 heavy (non-hydrogen) atoms. The summed E-state index contributed by atoms with van der Waals surface area (Å²) in [4.78, 5) is 14.4. The molecule has 0 unspecified atom stereocenters. The van der Waals surface area contributed by atoms with Gasteiger partial charge in [0.2, 0.25) is 5.91 Å². The summed E-state index contributed by atoms with van der Waals surface area (Å²) in [5.41, 5.74) is 1.17. The summed E-state index contributed by atoms with van der Waals surface area (Å²) in [6.45, 7) is 0.559. The van der Waals surface area contributed by atoms with Crippen molar-refractivity contribution in [3.8, 4) is 0 Å². The highest BCUT2D eigenvalue weighted by atomic mass is 16.2. The summed E-state index contributed by atoms with van der Waals surface area (Å²) in [5, 5.41) is 8.67. The van der Waals surface area contributed by atoms with Crippen molar-refractivity contribution < 1.29 is 4.79 Å². The van der Waals surface area contributed by atoms with Gasteiger partial charge in [-0.1, -0.05) is 30.3 Å². The van der Waals surface area contributed by atoms with Crippen LogP contribution < -0.4 is 0 Å². The number of hydrogen-bond donors (Lipinski definition) is 0. The van der Waals surface area contributed by atoms with Gasteiger partial charge in [0.05, 0.1) is 6.54 Å². The van der Waals surface area contributed by atoms with Gasteiger partial charge in [0.1, 0.15) is 11.9 Å². The van der Waals surface area contributed by atoms with Crippen molar-refractivity contribution in [2.75, 3.05) is 7.05 Å². The van der Waals surface area contributed by atoms with Crippen molar-refractivity contribution in [2.24, 2.45) is 0 Å². The van der Waals surface area contributed by atoms with Gasteiger partial charge in [0.15, 0.2) is 5.82 Å². The minimum absolute atomic E-state index is 0.160. The summed E-state index contributed by atoms with van der Waals surface area (Å²) < 4.78 is 2.10. The second-order valence-corrected chi connectivity index (χ2v) is 6.02. The van der Waals surface area contributed by atoms with E-state index in [1.807, 2.05) is 25.2 Å². The number of nitrogens with zero attached hydrogens (tertiary/aromatic N) is 4. The first-order valence-electron chi connectivity index (χ1n) is 7.46. The van der Waals surface area contributed by atoms with Gasteiger partial charge in [-0.25, -0.2) is 0 Å². The molecule has 1 aromatic heterocycles. The summed E-state index contributed by atoms with van der Waals surface area (Å²) in [6, 6.07) is 9.97. The Bertz CT molecular complexity index is 675. The van der Waals surface area contributed by atoms with Crippen molar-refractivity contribution >= 4 is 5.91 Å². The first-order valence-corrected chi connectivity index (χ1v) is 7.46. The quantitative estimate of drug-likeness (QED) is 0.864. The van der Waals surface area contributed by atoms with Crippen LogP contribution in [0.2, 0.25) is 0 Å². The zero-order valence-electron chi connectivity index (χ0n) is 12.1. The highest BCUT2D eigenvalue weighted by Crippen LogP contribution is 2.41. The fourth-order valence-corrected chi connectivity index (χ4v) is 3.08. The average molecular weight is 282 g/mol. The predicted molar refractivity (Wildman–Crippen MR) is 77.7 cm³/mol. The normalized spacial score (nSPS) is 21.5. The third-order valence-corrected chi connectivity index (χ3v) is 4.36. The molecule has 5 nitrogen and oxygen atoms in total. The van der Waals surface area contributed by atoms with E-state index in [1.165, 1.54) is 18.4 Å². The minimum atomic E-state index is -0.202. The number of benzene rings is 1. The van der Waals surface area contributed by atoms with Crippen molar-refractivity contribution in [1.29, 1.82) is 0 Å². The largest absolute Gasteiger partial charge is 0.336 e. The molecule has 0 bridgehead atoms. The molecule has 0 radical (unpaired) electrons. The molecule has 2 heterocycles. The van der Waals surface area contributed by atoms with Crippen molar-refractivity contribution in [2.45, 2.75) is 37.8 Å². The van der Waals surface area contributed by atoms with E-state index in [0.29, 0.717) is 18.9 Å². The van der Waals surface area contributed by atoms with Gasteiger partial charge in [0.25, 0.3) is 0 Å². The zero-order valence-corrected chi connectivity index (χ0v) is 12.1. The molecular formula is C16H18N4O. The van der Waals surface area contributed by atoms with E-state index in [4.69, 9.17) is 0 Å². The van der Waals surface area contributed by atoms with Crippen LogP contribution in [0.3, 0.4) is 0 Å². The maximum atomic E-state index is 12.6. The summed E-state index contributed by atoms with van der Waals surface area (Å²) in [6.07, 6.45) is 3.04. The van der Waals surface area contributed by atoms with Crippen molar-refractivity contribution in [1.82, 2.24) is 19.7 Å². The lowest BCUT2D eigenvalue weighted by Gasteiger charge is -2.31. The van der Waals surface area contributed by atoms with Crippen LogP contribution in [0.1, 0.15) is 42.0 Å². The lowest BCUT2D eigenvalue weighted by Crippen LogP contribution is -2.41. The van der Waals surface area contributed by atoms with E-state index in [-0.39, 0.29) is 11.9 Å². The smallest absolute Gasteiger partial charge is 0.246 e. The topological polar surface area (TPSA) is 51.0 Å². The molecule has 108 valence electrons. The van der Waals surface area contributed by atoms with E-state index in [1.54, 1.807) is 4.90 Å². The number of fused-ring (bicyclic) bond motifs is 1. The molecule has 1 aliphatic heterocycles. The van der Waals surface area contributed by atoms with E-state index >= 15 is 0 Å². The van der Waals surface area contributed by atoms with Crippen molar-refractivity contribution in [3.63, 3.8) is 0 Å². The first kappa shape index (κ1) is 12.6. The third kappa shape index (κ3) is 2.13. The maximum absolute atomic E-state index is 12.6. The van der Waals surface area contributed by atoms with Gasteiger partial charge in [-0.3, -0.25) is 4.79 Å². The number of aromatic nitrogens is 3. The Hall–Kier alpha value is -2.17. The van der Waals surface area contributed by atoms with Crippen LogP contribution in [0, 0.1) is 0 Å². The van der Waals surface area contributed by atoms with Crippen LogP contribution >= 0.6 is 0 Å². The van der Waals surface area contributed by atoms with Gasteiger partial charge in [-0.2, -0.15) is 0 Å². The Labute approximate surface area is 123 Å². The lowest BCUT2D eigenvalue weighted by molar-refractivity contribution is -0.136. The molecule has 1 atom stereocenters. The molecule has 0 saturated heterocycles. The van der Waals surface area contributed by atoms with Crippen LogP contribution in [-0.2, 0) is 17.8 Å². The SMILES string of the molecule is CN1Cc2nnc(C3CC3)n2[C@H](Cc2ccccc2)C1=O. The number of amides is 1. The molecule has 0 spiro atoms. The van der Waals surface area contributed by atoms with Gasteiger partial charge in [-0.15, -0.1) is 10.2 Å². The van der Waals surface area contributed by atoms with Crippen LogP contribution in [0.5, 0.6) is 0 Å². The van der Waals surface area contributed by atoms with Gasteiger partial charge in [-0.05, 0) is 18.4 Å². The van der Waals surface area contributed by atoms with Gasteiger partial charge < -0.3 is 9.47 Å². The van der Waals surface area contributed by atoms with Gasteiger partial charge >= 0.3 is 0 Å². The van der Waals surface area contributed by atoms with Crippen LogP contribution in [0.15, 0.2) is 30.3 Å². The molecule has 0 N–H and O–H groups in total. The van der Waals surface area contributed by atoms with Gasteiger partial charge in [0, 0.05) is 19.4 Å². The molecule has 1 fully saturated rings.